The van der Waals surface area contributed by atoms with Crippen molar-refractivity contribution in [2.24, 2.45) is 0 Å². The first-order chi connectivity index (χ1) is 20.2. The van der Waals surface area contributed by atoms with Gasteiger partial charge in [-0.05, 0) is 48.9 Å². The summed E-state index contributed by atoms with van der Waals surface area (Å²) in [5.74, 6) is -1.62. The van der Waals surface area contributed by atoms with Crippen LogP contribution in [0.3, 0.4) is 0 Å². The molecule has 1 unspecified atom stereocenters. The molecule has 10 heteroatoms. The normalized spacial score (nSPS) is 11.9. The summed E-state index contributed by atoms with van der Waals surface area (Å²) >= 11 is 3.39. The Morgan fingerprint density at radius 1 is 0.881 bits per heavy atom. The van der Waals surface area contributed by atoms with Gasteiger partial charge in [-0.3, -0.25) is 13.9 Å². The van der Waals surface area contributed by atoms with Gasteiger partial charge in [-0.25, -0.2) is 12.8 Å². The summed E-state index contributed by atoms with van der Waals surface area (Å²) in [5.41, 5.74) is 1.25. The second-order valence-electron chi connectivity index (χ2n) is 9.52. The molecule has 4 aromatic carbocycles. The van der Waals surface area contributed by atoms with E-state index >= 15 is 0 Å². The maximum absolute atomic E-state index is 14.9. The van der Waals surface area contributed by atoms with E-state index in [2.05, 4.69) is 21.2 Å². The molecule has 0 saturated carbocycles. The van der Waals surface area contributed by atoms with Gasteiger partial charge < -0.3 is 10.2 Å². The molecule has 7 nitrogen and oxygen atoms in total. The standard InChI is InChI=1S/C32H31BrFN3O4S/c1-2-35-32(39)30(20-24-12-5-3-6-13-24)36(22-25-14-9-10-19-29(25)34)31(38)23-37(27-16-11-15-26(33)21-27)42(40,41)28-17-7-4-8-18-28/h3-19,21,30H,2,20,22-23H2,1H3,(H,35,39). The number of likely N-dealkylation sites (N-methyl/N-ethyl adjacent to an activating group) is 1. The Balaban J connectivity index is 1.80. The minimum Gasteiger partial charge on any atom is -0.355 e. The van der Waals surface area contributed by atoms with Crippen LogP contribution in [0.15, 0.2) is 119 Å². The van der Waals surface area contributed by atoms with Crippen molar-refractivity contribution in [1.82, 2.24) is 10.2 Å². The number of benzene rings is 4. The van der Waals surface area contributed by atoms with E-state index in [4.69, 9.17) is 0 Å². The highest BCUT2D eigenvalue weighted by molar-refractivity contribution is 9.10. The number of hydrogen-bond donors (Lipinski definition) is 1. The molecule has 0 spiro atoms. The third-order valence-corrected chi connectivity index (χ3v) is 8.91. The maximum Gasteiger partial charge on any atom is 0.264 e. The van der Waals surface area contributed by atoms with Gasteiger partial charge in [0.1, 0.15) is 18.4 Å². The molecule has 218 valence electrons. The Morgan fingerprint density at radius 3 is 2.17 bits per heavy atom. The number of nitrogens with zero attached hydrogens (tertiary/aromatic N) is 2. The highest BCUT2D eigenvalue weighted by Crippen LogP contribution is 2.27. The van der Waals surface area contributed by atoms with Crippen molar-refractivity contribution in [2.45, 2.75) is 30.8 Å². The average molecular weight is 653 g/mol. The van der Waals surface area contributed by atoms with E-state index in [0.717, 1.165) is 9.87 Å². The van der Waals surface area contributed by atoms with Gasteiger partial charge in [-0.15, -0.1) is 0 Å². The third kappa shape index (κ3) is 7.63. The second-order valence-corrected chi connectivity index (χ2v) is 12.3. The number of rotatable bonds is 12. The summed E-state index contributed by atoms with van der Waals surface area (Å²) in [6, 6.07) is 28.6. The van der Waals surface area contributed by atoms with Gasteiger partial charge in [0.05, 0.1) is 10.6 Å². The van der Waals surface area contributed by atoms with Crippen molar-refractivity contribution in [2.75, 3.05) is 17.4 Å². The fraction of sp³-hybridized carbons (Fsp3) is 0.188. The molecule has 1 atom stereocenters. The third-order valence-electron chi connectivity index (χ3n) is 6.63. The number of halogens is 2. The first-order valence-electron chi connectivity index (χ1n) is 13.4. The van der Waals surface area contributed by atoms with E-state index in [9.17, 15) is 22.4 Å². The van der Waals surface area contributed by atoms with Gasteiger partial charge in [0.25, 0.3) is 10.0 Å². The van der Waals surface area contributed by atoms with E-state index < -0.39 is 40.2 Å². The Kier molecular flexibility index (Phi) is 10.5. The van der Waals surface area contributed by atoms with Crippen molar-refractivity contribution in [3.8, 4) is 0 Å². The molecule has 4 aromatic rings. The minimum atomic E-state index is -4.21. The number of carbonyl (C=O) groups is 2. The summed E-state index contributed by atoms with van der Waals surface area (Å²) in [7, 11) is -4.21. The predicted octanol–water partition coefficient (Wildman–Crippen LogP) is 5.56. The minimum absolute atomic E-state index is 0.00277. The van der Waals surface area contributed by atoms with Gasteiger partial charge in [0.15, 0.2) is 0 Å². The molecule has 0 radical (unpaired) electrons. The van der Waals surface area contributed by atoms with Crippen molar-refractivity contribution in [1.29, 1.82) is 0 Å². The Hall–Kier alpha value is -4.02. The Morgan fingerprint density at radius 2 is 1.52 bits per heavy atom. The predicted molar refractivity (Wildman–Crippen MR) is 165 cm³/mol. The molecule has 0 aliphatic carbocycles. The number of sulfonamides is 1. The van der Waals surface area contributed by atoms with Crippen LogP contribution in [0.1, 0.15) is 18.1 Å². The molecular weight excluding hydrogens is 621 g/mol. The molecule has 4 rings (SSSR count). The molecule has 0 fully saturated rings. The van der Waals surface area contributed by atoms with E-state index in [1.807, 2.05) is 30.3 Å². The lowest BCUT2D eigenvalue weighted by Crippen LogP contribution is -2.53. The molecule has 0 saturated heterocycles. The number of nitrogens with one attached hydrogen (secondary N) is 1. The van der Waals surface area contributed by atoms with Crippen molar-refractivity contribution < 1.29 is 22.4 Å². The van der Waals surface area contributed by atoms with Crippen LogP contribution in [0.5, 0.6) is 0 Å². The van der Waals surface area contributed by atoms with Gasteiger partial charge in [-0.2, -0.15) is 0 Å². The first kappa shape index (κ1) is 30.9. The molecular formula is C32H31BrFN3O4S. The zero-order valence-corrected chi connectivity index (χ0v) is 25.4. The summed E-state index contributed by atoms with van der Waals surface area (Å²) in [5, 5.41) is 2.79. The van der Waals surface area contributed by atoms with Crippen LogP contribution in [-0.2, 0) is 32.6 Å². The molecule has 0 aliphatic heterocycles. The zero-order chi connectivity index (χ0) is 30.1. The molecule has 0 heterocycles. The second kappa shape index (κ2) is 14.2. The summed E-state index contributed by atoms with van der Waals surface area (Å²) < 4.78 is 44.3. The molecule has 42 heavy (non-hydrogen) atoms. The van der Waals surface area contributed by atoms with Crippen molar-refractivity contribution >= 4 is 43.5 Å². The Labute approximate surface area is 254 Å². The summed E-state index contributed by atoms with van der Waals surface area (Å²) in [6.07, 6.45) is 0.148. The molecule has 0 aliphatic rings. The molecule has 1 N–H and O–H groups in total. The number of amides is 2. The number of anilines is 1. The molecule has 2 amide bonds. The van der Waals surface area contributed by atoms with Crippen LogP contribution in [-0.4, -0.2) is 44.3 Å². The molecule has 0 aromatic heterocycles. The smallest absolute Gasteiger partial charge is 0.264 e. The average Bonchev–Trinajstić information content (AvgIpc) is 2.99. The van der Waals surface area contributed by atoms with Gasteiger partial charge in [0.2, 0.25) is 11.8 Å². The van der Waals surface area contributed by atoms with Crippen molar-refractivity contribution in [3.63, 3.8) is 0 Å². The number of hydrogen-bond acceptors (Lipinski definition) is 4. The van der Waals surface area contributed by atoms with Crippen LogP contribution < -0.4 is 9.62 Å². The maximum atomic E-state index is 14.9. The van der Waals surface area contributed by atoms with E-state index in [1.165, 1.54) is 29.2 Å². The fourth-order valence-corrected chi connectivity index (χ4v) is 6.35. The first-order valence-corrected chi connectivity index (χ1v) is 15.6. The van der Waals surface area contributed by atoms with Crippen molar-refractivity contribution in [3.05, 3.63) is 131 Å². The van der Waals surface area contributed by atoms with E-state index in [1.54, 1.807) is 61.5 Å². The van der Waals surface area contributed by atoms with E-state index in [0.29, 0.717) is 11.0 Å². The van der Waals surface area contributed by atoms with Gasteiger partial charge >= 0.3 is 0 Å². The lowest BCUT2D eigenvalue weighted by Gasteiger charge is -2.34. The van der Waals surface area contributed by atoms with Crippen LogP contribution in [0, 0.1) is 5.82 Å². The summed E-state index contributed by atoms with van der Waals surface area (Å²) in [4.78, 5) is 29.0. The lowest BCUT2D eigenvalue weighted by atomic mass is 10.0. The zero-order valence-electron chi connectivity index (χ0n) is 23.0. The largest absolute Gasteiger partial charge is 0.355 e. The topological polar surface area (TPSA) is 86.8 Å². The lowest BCUT2D eigenvalue weighted by molar-refractivity contribution is -0.140. The molecule has 0 bridgehead atoms. The summed E-state index contributed by atoms with van der Waals surface area (Å²) in [6.45, 7) is 1.23. The van der Waals surface area contributed by atoms with Gasteiger partial charge in [-0.1, -0.05) is 88.7 Å². The van der Waals surface area contributed by atoms with Crippen LogP contribution in [0.25, 0.3) is 0 Å². The van der Waals surface area contributed by atoms with E-state index in [-0.39, 0.29) is 29.1 Å². The highest BCUT2D eigenvalue weighted by atomic mass is 79.9. The Bertz CT molecular complexity index is 1620. The number of carbonyl (C=O) groups excluding carboxylic acids is 2. The van der Waals surface area contributed by atoms with Crippen LogP contribution in [0.4, 0.5) is 10.1 Å². The monoisotopic (exact) mass is 651 g/mol. The van der Waals surface area contributed by atoms with Crippen LogP contribution >= 0.6 is 15.9 Å². The highest BCUT2D eigenvalue weighted by Gasteiger charge is 2.34. The van der Waals surface area contributed by atoms with Crippen LogP contribution in [0.2, 0.25) is 0 Å². The SMILES string of the molecule is CCNC(=O)C(Cc1ccccc1)N(Cc1ccccc1F)C(=O)CN(c1cccc(Br)c1)S(=O)(=O)c1ccccc1. The van der Waals surface area contributed by atoms with Gasteiger partial charge in [0, 0.05) is 29.5 Å². The fourth-order valence-electron chi connectivity index (χ4n) is 4.54. The quantitative estimate of drug-likeness (QED) is 0.217.